The number of amides is 1. The third-order valence-corrected chi connectivity index (χ3v) is 4.23. The van der Waals surface area contributed by atoms with Gasteiger partial charge in [-0.25, -0.2) is 8.78 Å². The number of halogens is 2. The smallest absolute Gasteiger partial charge is 0.254 e. The van der Waals surface area contributed by atoms with E-state index in [0.717, 1.165) is 0 Å². The highest BCUT2D eigenvalue weighted by molar-refractivity contribution is 6.00. The van der Waals surface area contributed by atoms with Crippen LogP contribution in [0.4, 0.5) is 8.78 Å². The zero-order valence-corrected chi connectivity index (χ0v) is 14.6. The molecule has 5 nitrogen and oxygen atoms in total. The van der Waals surface area contributed by atoms with Crippen molar-refractivity contribution in [3.8, 4) is 0 Å². The van der Waals surface area contributed by atoms with E-state index in [0.29, 0.717) is 22.5 Å². The molecule has 2 N–H and O–H groups in total. The Labute approximate surface area is 158 Å². The predicted molar refractivity (Wildman–Crippen MR) is 101 cm³/mol. The molecule has 28 heavy (non-hydrogen) atoms. The fourth-order valence-electron chi connectivity index (χ4n) is 2.85. The van der Waals surface area contributed by atoms with Crippen LogP contribution in [0.5, 0.6) is 0 Å². The molecule has 0 aliphatic rings. The van der Waals surface area contributed by atoms with Gasteiger partial charge in [-0.3, -0.25) is 9.89 Å². The highest BCUT2D eigenvalue weighted by Crippen LogP contribution is 2.24. The number of hydrogen-bond donors (Lipinski definition) is 2. The van der Waals surface area contributed by atoms with E-state index < -0.39 is 11.7 Å². The van der Waals surface area contributed by atoms with Crippen molar-refractivity contribution in [1.82, 2.24) is 15.5 Å². The Balaban J connectivity index is 1.62. The number of aromatic amines is 1. The number of carbonyl (C=O) groups is 1. The van der Waals surface area contributed by atoms with E-state index in [2.05, 4.69) is 15.5 Å². The maximum absolute atomic E-state index is 15.0. The van der Waals surface area contributed by atoms with Crippen LogP contribution in [0.2, 0.25) is 0 Å². The molecule has 0 aliphatic carbocycles. The van der Waals surface area contributed by atoms with Crippen molar-refractivity contribution in [3.05, 3.63) is 89.0 Å². The number of benzene rings is 2. The van der Waals surface area contributed by atoms with Gasteiger partial charge in [-0.15, -0.1) is 0 Å². The summed E-state index contributed by atoms with van der Waals surface area (Å²) in [6.45, 7) is 0.154. The Morgan fingerprint density at radius 3 is 2.82 bits per heavy atom. The summed E-state index contributed by atoms with van der Waals surface area (Å²) < 4.78 is 33.5. The largest absolute Gasteiger partial charge is 0.467 e. The van der Waals surface area contributed by atoms with Crippen LogP contribution in [0.3, 0.4) is 0 Å². The quantitative estimate of drug-likeness (QED) is 0.535. The van der Waals surface area contributed by atoms with Gasteiger partial charge in [-0.05, 0) is 48.0 Å². The summed E-state index contributed by atoms with van der Waals surface area (Å²) in [5, 5.41) is 9.64. The second kappa shape index (κ2) is 7.48. The van der Waals surface area contributed by atoms with Crippen molar-refractivity contribution in [2.24, 2.45) is 0 Å². The first kappa shape index (κ1) is 17.7. The maximum Gasteiger partial charge on any atom is 0.254 e. The van der Waals surface area contributed by atoms with Gasteiger partial charge >= 0.3 is 0 Å². The first-order valence-corrected chi connectivity index (χ1v) is 8.52. The zero-order valence-electron chi connectivity index (χ0n) is 14.6. The summed E-state index contributed by atoms with van der Waals surface area (Å²) >= 11 is 0. The number of nitrogens with one attached hydrogen (secondary N) is 2. The molecule has 4 aromatic rings. The topological polar surface area (TPSA) is 70.9 Å². The van der Waals surface area contributed by atoms with Gasteiger partial charge in [0.2, 0.25) is 0 Å². The van der Waals surface area contributed by atoms with Crippen LogP contribution in [0.1, 0.15) is 27.4 Å². The molecule has 4 rings (SSSR count). The Kier molecular flexibility index (Phi) is 4.72. The molecule has 2 heterocycles. The molecule has 0 saturated heterocycles. The Bertz CT molecular complexity index is 1160. The predicted octanol–water partition coefficient (Wildman–Crippen LogP) is 4.53. The van der Waals surface area contributed by atoms with Crippen molar-refractivity contribution in [1.29, 1.82) is 0 Å². The van der Waals surface area contributed by atoms with E-state index in [1.54, 1.807) is 42.5 Å². The zero-order chi connectivity index (χ0) is 19.5. The van der Waals surface area contributed by atoms with E-state index in [1.165, 1.54) is 24.5 Å². The van der Waals surface area contributed by atoms with Crippen LogP contribution in [0.25, 0.3) is 23.1 Å². The summed E-state index contributed by atoms with van der Waals surface area (Å²) in [6.07, 6.45) is 4.69. The molecule has 0 bridgehead atoms. The second-order valence-electron chi connectivity index (χ2n) is 6.11. The van der Waals surface area contributed by atoms with Gasteiger partial charge in [0.15, 0.2) is 0 Å². The number of aromatic nitrogens is 2. The number of rotatable bonds is 5. The molecule has 0 unspecified atom stereocenters. The Morgan fingerprint density at radius 1 is 1.14 bits per heavy atom. The van der Waals surface area contributed by atoms with Gasteiger partial charge in [0.25, 0.3) is 5.91 Å². The Hall–Kier alpha value is -3.74. The average Bonchev–Trinajstić information content (AvgIpc) is 3.35. The number of H-pyrrole nitrogens is 1. The third kappa shape index (κ3) is 3.55. The molecule has 0 fully saturated rings. The van der Waals surface area contributed by atoms with Crippen LogP contribution in [0.15, 0.2) is 59.2 Å². The first-order valence-electron chi connectivity index (χ1n) is 8.52. The van der Waals surface area contributed by atoms with Crippen LogP contribution < -0.4 is 5.32 Å². The molecule has 0 spiro atoms. The lowest BCUT2D eigenvalue weighted by atomic mass is 10.1. The highest BCUT2D eigenvalue weighted by Gasteiger charge is 2.18. The van der Waals surface area contributed by atoms with Gasteiger partial charge in [0.1, 0.15) is 17.4 Å². The summed E-state index contributed by atoms with van der Waals surface area (Å²) in [4.78, 5) is 12.4. The van der Waals surface area contributed by atoms with E-state index in [1.807, 2.05) is 0 Å². The van der Waals surface area contributed by atoms with E-state index in [9.17, 15) is 9.18 Å². The van der Waals surface area contributed by atoms with Crippen molar-refractivity contribution >= 4 is 29.0 Å². The van der Waals surface area contributed by atoms with Crippen molar-refractivity contribution in [2.45, 2.75) is 6.54 Å². The molecule has 7 heteroatoms. The number of nitrogens with zero attached hydrogens (tertiary/aromatic N) is 1. The molecule has 2 aromatic heterocycles. The number of hydrogen-bond acceptors (Lipinski definition) is 3. The maximum atomic E-state index is 15.0. The SMILES string of the molecule is O=C(NCc1ccco1)c1ccc2[nH]nc(/C=C/c3cccc(F)c3)c2c1F. The molecule has 2 aromatic carbocycles. The van der Waals surface area contributed by atoms with Crippen molar-refractivity contribution in [2.75, 3.05) is 0 Å². The molecule has 0 atom stereocenters. The minimum absolute atomic E-state index is 0.0964. The van der Waals surface area contributed by atoms with E-state index >= 15 is 4.39 Å². The van der Waals surface area contributed by atoms with Crippen LogP contribution in [-0.4, -0.2) is 16.1 Å². The summed E-state index contributed by atoms with van der Waals surface area (Å²) in [5.74, 6) is -1.04. The molecule has 0 aliphatic heterocycles. The molecule has 0 radical (unpaired) electrons. The van der Waals surface area contributed by atoms with Gasteiger partial charge in [0.05, 0.1) is 35.0 Å². The Morgan fingerprint density at radius 2 is 2.04 bits per heavy atom. The lowest BCUT2D eigenvalue weighted by Crippen LogP contribution is -2.23. The van der Waals surface area contributed by atoms with Gasteiger partial charge < -0.3 is 9.73 Å². The summed E-state index contributed by atoms with van der Waals surface area (Å²) in [5.41, 5.74) is 1.29. The van der Waals surface area contributed by atoms with E-state index in [-0.39, 0.29) is 23.3 Å². The molecule has 140 valence electrons. The lowest BCUT2D eigenvalue weighted by molar-refractivity contribution is 0.0944. The van der Waals surface area contributed by atoms with Crippen LogP contribution in [0, 0.1) is 11.6 Å². The van der Waals surface area contributed by atoms with Crippen molar-refractivity contribution < 1.29 is 18.0 Å². The van der Waals surface area contributed by atoms with Gasteiger partial charge in [0, 0.05) is 0 Å². The molecule has 0 saturated carbocycles. The molecule has 1 amide bonds. The fourth-order valence-corrected chi connectivity index (χ4v) is 2.85. The monoisotopic (exact) mass is 379 g/mol. The second-order valence-corrected chi connectivity index (χ2v) is 6.11. The average molecular weight is 379 g/mol. The highest BCUT2D eigenvalue weighted by atomic mass is 19.1. The molecular formula is C21H15F2N3O2. The number of fused-ring (bicyclic) bond motifs is 1. The third-order valence-electron chi connectivity index (χ3n) is 4.23. The minimum Gasteiger partial charge on any atom is -0.467 e. The van der Waals surface area contributed by atoms with Gasteiger partial charge in [-0.2, -0.15) is 5.10 Å². The molecular weight excluding hydrogens is 364 g/mol. The van der Waals surface area contributed by atoms with Crippen LogP contribution in [-0.2, 0) is 6.54 Å². The van der Waals surface area contributed by atoms with Crippen molar-refractivity contribution in [3.63, 3.8) is 0 Å². The van der Waals surface area contributed by atoms with E-state index in [4.69, 9.17) is 4.42 Å². The minimum atomic E-state index is -0.679. The van der Waals surface area contributed by atoms with Gasteiger partial charge in [-0.1, -0.05) is 18.2 Å². The number of furan rings is 1. The normalized spacial score (nSPS) is 11.4. The number of carbonyl (C=O) groups excluding carboxylic acids is 1. The fraction of sp³-hybridized carbons (Fsp3) is 0.0476. The first-order chi connectivity index (χ1) is 13.6. The summed E-state index contributed by atoms with van der Waals surface area (Å²) in [7, 11) is 0. The van der Waals surface area contributed by atoms with Crippen LogP contribution >= 0.6 is 0 Å². The summed E-state index contributed by atoms with van der Waals surface area (Å²) in [6, 6.07) is 12.4. The standard InChI is InChI=1S/C21H15F2N3O2/c22-14-4-1-3-13(11-14)6-8-17-19-18(26-25-17)9-7-16(20(19)23)21(27)24-12-15-5-2-10-28-15/h1-11H,12H2,(H,24,27)(H,25,26)/b8-6+. The lowest BCUT2D eigenvalue weighted by Gasteiger charge is -2.05.